The van der Waals surface area contributed by atoms with Gasteiger partial charge in [-0.3, -0.25) is 4.79 Å². The number of nitrogens with two attached hydrogens (primary N) is 1. The summed E-state index contributed by atoms with van der Waals surface area (Å²) in [5.74, 6) is 0.0791. The van der Waals surface area contributed by atoms with Crippen molar-refractivity contribution in [3.8, 4) is 46.5 Å². The van der Waals surface area contributed by atoms with Gasteiger partial charge in [0.15, 0.2) is 5.82 Å². The molecule has 3 heterocycles. The van der Waals surface area contributed by atoms with Crippen molar-refractivity contribution < 1.29 is 4.42 Å². The Bertz CT molecular complexity index is 1630. The lowest BCUT2D eigenvalue weighted by atomic mass is 9.95. The first kappa shape index (κ1) is 22.4. The molecule has 0 aliphatic carbocycles. The second kappa shape index (κ2) is 8.60. The minimum Gasteiger partial charge on any atom is -0.464 e. The van der Waals surface area contributed by atoms with Crippen molar-refractivity contribution >= 4 is 17.4 Å². The average molecular weight is 467 g/mol. The summed E-state index contributed by atoms with van der Waals surface area (Å²) >= 11 is 5.97. The second-order valence-electron chi connectivity index (χ2n) is 7.37. The van der Waals surface area contributed by atoms with E-state index in [1.165, 1.54) is 6.26 Å². The normalized spacial score (nSPS) is 10.4. The van der Waals surface area contributed by atoms with Crippen molar-refractivity contribution in [3.63, 3.8) is 0 Å². The highest BCUT2D eigenvalue weighted by Gasteiger charge is 2.27. The third-order valence-corrected chi connectivity index (χ3v) is 5.78. The molecular formula is C25H15ClN6O2. The van der Waals surface area contributed by atoms with Gasteiger partial charge in [0.2, 0.25) is 0 Å². The Hall–Kier alpha value is -4.84. The van der Waals surface area contributed by atoms with Crippen LogP contribution < -0.4 is 11.3 Å². The van der Waals surface area contributed by atoms with Crippen LogP contribution in [0.3, 0.4) is 0 Å². The van der Waals surface area contributed by atoms with Gasteiger partial charge in [-0.2, -0.15) is 15.8 Å². The lowest BCUT2D eigenvalue weighted by molar-refractivity contribution is 0.581. The maximum absolute atomic E-state index is 13.6. The van der Waals surface area contributed by atoms with Gasteiger partial charge in [-0.25, -0.2) is 9.55 Å². The number of aryl methyl sites for hydroxylation is 1. The molecule has 0 aliphatic rings. The molecule has 0 saturated carbocycles. The van der Waals surface area contributed by atoms with Crippen LogP contribution in [0.25, 0.3) is 28.3 Å². The zero-order chi connectivity index (χ0) is 24.6. The van der Waals surface area contributed by atoms with Crippen LogP contribution in [0.15, 0.2) is 51.9 Å². The summed E-state index contributed by atoms with van der Waals surface area (Å²) in [6.07, 6.45) is 1.47. The Balaban J connectivity index is 2.16. The highest BCUT2D eigenvalue weighted by molar-refractivity contribution is 6.30. The summed E-state index contributed by atoms with van der Waals surface area (Å²) in [6.45, 7) is 3.49. The minimum atomic E-state index is -0.804. The molecule has 4 aromatic rings. The van der Waals surface area contributed by atoms with Crippen LogP contribution in [0, 0.1) is 47.8 Å². The average Bonchev–Trinajstić information content (AvgIpc) is 3.35. The molecule has 0 bridgehead atoms. The highest BCUT2D eigenvalue weighted by Crippen LogP contribution is 2.35. The van der Waals surface area contributed by atoms with E-state index in [2.05, 4.69) is 11.1 Å². The van der Waals surface area contributed by atoms with Crippen molar-refractivity contribution in [2.45, 2.75) is 13.8 Å². The number of halogens is 1. The molecule has 8 nitrogen and oxygen atoms in total. The Morgan fingerprint density at radius 3 is 2.18 bits per heavy atom. The molecular weight excluding hydrogens is 452 g/mol. The molecule has 34 heavy (non-hydrogen) atoms. The fourth-order valence-electron chi connectivity index (χ4n) is 3.80. The molecule has 0 aliphatic heterocycles. The summed E-state index contributed by atoms with van der Waals surface area (Å²) in [5.41, 5.74) is 7.31. The number of pyridine rings is 2. The van der Waals surface area contributed by atoms with E-state index in [0.29, 0.717) is 33.2 Å². The smallest absolute Gasteiger partial charge is 0.276 e. The van der Waals surface area contributed by atoms with Gasteiger partial charge < -0.3 is 10.2 Å². The molecule has 4 rings (SSSR count). The summed E-state index contributed by atoms with van der Waals surface area (Å²) in [6, 6.07) is 15.7. The van der Waals surface area contributed by atoms with Crippen LogP contribution in [0.1, 0.15) is 27.9 Å². The largest absolute Gasteiger partial charge is 0.464 e. The van der Waals surface area contributed by atoms with Crippen LogP contribution in [-0.4, -0.2) is 9.55 Å². The zero-order valence-electron chi connectivity index (χ0n) is 18.0. The van der Waals surface area contributed by atoms with E-state index in [-0.39, 0.29) is 33.9 Å². The van der Waals surface area contributed by atoms with Crippen LogP contribution >= 0.6 is 11.6 Å². The van der Waals surface area contributed by atoms with E-state index < -0.39 is 5.56 Å². The Morgan fingerprint density at radius 2 is 1.62 bits per heavy atom. The maximum atomic E-state index is 13.6. The number of aromatic nitrogens is 2. The Labute approximate surface area is 199 Å². The van der Waals surface area contributed by atoms with E-state index in [1.54, 1.807) is 50.2 Å². The topological polar surface area (TPSA) is 145 Å². The Kier molecular flexibility index (Phi) is 5.65. The molecule has 0 saturated heterocycles. The highest BCUT2D eigenvalue weighted by atomic mass is 35.5. The van der Waals surface area contributed by atoms with Crippen LogP contribution in [0.4, 0.5) is 5.82 Å². The van der Waals surface area contributed by atoms with E-state index in [9.17, 15) is 20.6 Å². The third kappa shape index (κ3) is 3.38. The molecule has 0 amide bonds. The van der Waals surface area contributed by atoms with Gasteiger partial charge in [-0.15, -0.1) is 0 Å². The molecule has 0 spiro atoms. The summed E-state index contributed by atoms with van der Waals surface area (Å²) < 4.78 is 6.45. The molecule has 9 heteroatoms. The number of furan rings is 1. The predicted octanol–water partition coefficient (Wildman–Crippen LogP) is 4.63. The number of nitriles is 3. The van der Waals surface area contributed by atoms with E-state index in [4.69, 9.17) is 21.8 Å². The first-order valence-electron chi connectivity index (χ1n) is 9.94. The number of benzene rings is 1. The van der Waals surface area contributed by atoms with Crippen LogP contribution in [-0.2, 0) is 0 Å². The van der Waals surface area contributed by atoms with Crippen molar-refractivity contribution in [1.29, 1.82) is 15.8 Å². The lowest BCUT2D eigenvalue weighted by Crippen LogP contribution is -2.28. The van der Waals surface area contributed by atoms with Crippen molar-refractivity contribution in [3.05, 3.63) is 86.0 Å². The zero-order valence-corrected chi connectivity index (χ0v) is 18.8. The SMILES string of the molecule is Cc1nc(-n2c(N)c(C#N)c(-c3ccc(Cl)cc3)c(C#N)c2=O)c(C#N)c(-c2ccco2)c1C. The first-order valence-corrected chi connectivity index (χ1v) is 10.3. The van der Waals surface area contributed by atoms with E-state index in [0.717, 1.165) is 4.57 Å². The number of hydrogen-bond acceptors (Lipinski definition) is 7. The Morgan fingerprint density at radius 1 is 0.971 bits per heavy atom. The molecule has 164 valence electrons. The van der Waals surface area contributed by atoms with E-state index in [1.807, 2.05) is 12.1 Å². The quantitative estimate of drug-likeness (QED) is 0.463. The number of rotatable bonds is 3. The number of nitrogen functional groups attached to an aromatic ring is 1. The van der Waals surface area contributed by atoms with Crippen molar-refractivity contribution in [1.82, 2.24) is 9.55 Å². The monoisotopic (exact) mass is 466 g/mol. The first-order chi connectivity index (χ1) is 16.3. The lowest BCUT2D eigenvalue weighted by Gasteiger charge is -2.18. The van der Waals surface area contributed by atoms with Gasteiger partial charge in [0.25, 0.3) is 5.56 Å². The maximum Gasteiger partial charge on any atom is 0.276 e. The molecule has 1 aromatic carbocycles. The number of hydrogen-bond donors (Lipinski definition) is 1. The predicted molar refractivity (Wildman–Crippen MR) is 126 cm³/mol. The van der Waals surface area contributed by atoms with Gasteiger partial charge >= 0.3 is 0 Å². The van der Waals surface area contributed by atoms with E-state index >= 15 is 0 Å². The van der Waals surface area contributed by atoms with Crippen molar-refractivity contribution in [2.75, 3.05) is 5.73 Å². The minimum absolute atomic E-state index is 0.0267. The van der Waals surface area contributed by atoms with Gasteiger partial charge in [0, 0.05) is 21.8 Å². The van der Waals surface area contributed by atoms with Crippen molar-refractivity contribution in [2.24, 2.45) is 0 Å². The molecule has 3 aromatic heterocycles. The summed E-state index contributed by atoms with van der Waals surface area (Å²) in [7, 11) is 0. The van der Waals surface area contributed by atoms with Gasteiger partial charge in [0.05, 0.1) is 6.26 Å². The molecule has 0 atom stereocenters. The molecule has 2 N–H and O–H groups in total. The standard InChI is InChI=1S/C25H15ClN6O2/c1-13-14(2)31-24(18(11-28)21(13)20-4-3-9-34-20)32-23(30)17(10-27)22(19(12-29)25(32)33)15-5-7-16(26)8-6-15/h3-9H,30H2,1-2H3. The molecule has 0 unspecified atom stereocenters. The van der Waals surface area contributed by atoms with Crippen LogP contribution in [0.5, 0.6) is 0 Å². The van der Waals surface area contributed by atoms with Gasteiger partial charge in [-0.1, -0.05) is 23.7 Å². The number of anilines is 1. The molecule has 0 radical (unpaired) electrons. The fourth-order valence-corrected chi connectivity index (χ4v) is 3.93. The fraction of sp³-hybridized carbons (Fsp3) is 0.0800. The third-order valence-electron chi connectivity index (χ3n) is 5.53. The molecule has 0 fully saturated rings. The number of nitrogens with zero attached hydrogens (tertiary/aromatic N) is 5. The summed E-state index contributed by atoms with van der Waals surface area (Å²) in [4.78, 5) is 18.0. The van der Waals surface area contributed by atoms with Gasteiger partial charge in [0.1, 0.15) is 46.5 Å². The van der Waals surface area contributed by atoms with Crippen LogP contribution in [0.2, 0.25) is 5.02 Å². The summed E-state index contributed by atoms with van der Waals surface area (Å²) in [5, 5.41) is 30.3. The second-order valence-corrected chi connectivity index (χ2v) is 7.80. The van der Waals surface area contributed by atoms with Gasteiger partial charge in [-0.05, 0) is 49.2 Å².